The molecular formula is C29H27Cl2N5O4S. The average Bonchev–Trinajstić information content (AvgIpc) is 3.41. The SMILES string of the molecule is COc1ccc(C(=O)NCc2nnc(SCC(=O)N3CCCc4ccccc43)n2-c2ccc(Cl)c(Cl)c2)cc1OC. The van der Waals surface area contributed by atoms with Gasteiger partial charge in [0.15, 0.2) is 22.5 Å². The molecule has 1 N–H and O–H groups in total. The number of anilines is 1. The fraction of sp³-hybridized carbons (Fsp3) is 0.241. The Bertz CT molecular complexity index is 1600. The van der Waals surface area contributed by atoms with E-state index < -0.39 is 0 Å². The van der Waals surface area contributed by atoms with Crippen LogP contribution in [-0.4, -0.2) is 53.1 Å². The summed E-state index contributed by atoms with van der Waals surface area (Å²) in [5.41, 5.74) is 3.17. The molecule has 12 heteroatoms. The normalized spacial score (nSPS) is 12.5. The number of hydrogen-bond donors (Lipinski definition) is 1. The number of thioether (sulfide) groups is 1. The van der Waals surface area contributed by atoms with E-state index in [0.29, 0.717) is 50.3 Å². The fourth-order valence-corrected chi connectivity index (χ4v) is 5.77. The number of nitrogens with zero attached hydrogens (tertiary/aromatic N) is 4. The third-order valence-corrected chi connectivity index (χ3v) is 8.30. The van der Waals surface area contributed by atoms with E-state index in [1.54, 1.807) is 41.0 Å². The van der Waals surface area contributed by atoms with Crippen LogP contribution >= 0.6 is 35.0 Å². The average molecular weight is 613 g/mol. The van der Waals surface area contributed by atoms with Gasteiger partial charge in [-0.15, -0.1) is 10.2 Å². The summed E-state index contributed by atoms with van der Waals surface area (Å²) in [4.78, 5) is 28.1. The second kappa shape index (κ2) is 12.8. The van der Waals surface area contributed by atoms with Crippen molar-refractivity contribution in [3.63, 3.8) is 0 Å². The minimum Gasteiger partial charge on any atom is -0.493 e. The number of aryl methyl sites for hydroxylation is 1. The molecule has 0 fully saturated rings. The Balaban J connectivity index is 1.37. The van der Waals surface area contributed by atoms with Crippen molar-refractivity contribution in [2.75, 3.05) is 31.4 Å². The maximum Gasteiger partial charge on any atom is 0.251 e. The molecule has 0 bridgehead atoms. The quantitative estimate of drug-likeness (QED) is 0.246. The van der Waals surface area contributed by atoms with E-state index in [4.69, 9.17) is 32.7 Å². The summed E-state index contributed by atoms with van der Waals surface area (Å²) < 4.78 is 12.3. The van der Waals surface area contributed by atoms with Crippen LogP contribution in [0.3, 0.4) is 0 Å². The summed E-state index contributed by atoms with van der Waals surface area (Å²) in [6.07, 6.45) is 1.87. The first-order valence-electron chi connectivity index (χ1n) is 12.8. The molecule has 2 heterocycles. The fourth-order valence-electron chi connectivity index (χ4n) is 4.63. The number of halogens is 2. The first-order chi connectivity index (χ1) is 19.9. The van der Waals surface area contributed by atoms with Crippen LogP contribution in [0.1, 0.15) is 28.2 Å². The molecule has 5 rings (SSSR count). The van der Waals surface area contributed by atoms with Gasteiger partial charge in [0.05, 0.1) is 42.2 Å². The van der Waals surface area contributed by atoms with E-state index in [0.717, 1.165) is 18.5 Å². The number of para-hydroxylation sites is 1. The lowest BCUT2D eigenvalue weighted by Gasteiger charge is -2.29. The second-order valence-corrected chi connectivity index (χ2v) is 10.9. The number of benzene rings is 3. The summed E-state index contributed by atoms with van der Waals surface area (Å²) in [6, 6.07) is 18.0. The van der Waals surface area contributed by atoms with Gasteiger partial charge in [-0.1, -0.05) is 53.2 Å². The molecule has 41 heavy (non-hydrogen) atoms. The lowest BCUT2D eigenvalue weighted by molar-refractivity contribution is -0.116. The van der Waals surface area contributed by atoms with Crippen LogP contribution in [0.4, 0.5) is 5.69 Å². The van der Waals surface area contributed by atoms with Gasteiger partial charge in [0.2, 0.25) is 5.91 Å². The summed E-state index contributed by atoms with van der Waals surface area (Å²) in [5.74, 6) is 1.23. The number of fused-ring (bicyclic) bond motifs is 1. The summed E-state index contributed by atoms with van der Waals surface area (Å²) in [7, 11) is 3.04. The largest absolute Gasteiger partial charge is 0.493 e. The van der Waals surface area contributed by atoms with Crippen LogP contribution in [0, 0.1) is 0 Å². The first kappa shape index (κ1) is 28.8. The van der Waals surface area contributed by atoms with E-state index in [1.807, 2.05) is 23.1 Å². The van der Waals surface area contributed by atoms with Gasteiger partial charge in [-0.2, -0.15) is 0 Å². The molecule has 4 aromatic rings. The van der Waals surface area contributed by atoms with Crippen molar-refractivity contribution < 1.29 is 19.1 Å². The minimum atomic E-state index is -0.331. The van der Waals surface area contributed by atoms with Gasteiger partial charge in [0.1, 0.15) is 0 Å². The highest BCUT2D eigenvalue weighted by Crippen LogP contribution is 2.31. The predicted molar refractivity (Wildman–Crippen MR) is 160 cm³/mol. The van der Waals surface area contributed by atoms with E-state index in [2.05, 4.69) is 21.6 Å². The zero-order valence-corrected chi connectivity index (χ0v) is 24.7. The van der Waals surface area contributed by atoms with Gasteiger partial charge in [-0.05, 0) is 60.9 Å². The van der Waals surface area contributed by atoms with Gasteiger partial charge >= 0.3 is 0 Å². The van der Waals surface area contributed by atoms with Gasteiger partial charge in [-0.3, -0.25) is 14.2 Å². The van der Waals surface area contributed by atoms with Crippen LogP contribution in [-0.2, 0) is 17.8 Å². The second-order valence-electron chi connectivity index (χ2n) is 9.15. The Morgan fingerprint density at radius 3 is 2.56 bits per heavy atom. The summed E-state index contributed by atoms with van der Waals surface area (Å²) >= 11 is 13.8. The van der Waals surface area contributed by atoms with E-state index in [-0.39, 0.29) is 24.1 Å². The highest BCUT2D eigenvalue weighted by atomic mass is 35.5. The molecule has 0 unspecified atom stereocenters. The lowest BCUT2D eigenvalue weighted by Crippen LogP contribution is -2.36. The number of carbonyl (C=O) groups excluding carboxylic acids is 2. The van der Waals surface area contributed by atoms with Gasteiger partial charge < -0.3 is 19.7 Å². The monoisotopic (exact) mass is 611 g/mol. The third-order valence-electron chi connectivity index (χ3n) is 6.65. The number of ether oxygens (including phenoxy) is 2. The molecule has 0 saturated carbocycles. The molecule has 0 spiro atoms. The maximum absolute atomic E-state index is 13.3. The molecule has 1 aromatic heterocycles. The molecule has 1 aliphatic heterocycles. The standard InChI is InChI=1S/C29H27Cl2N5O4S/c1-39-24-12-9-19(14-25(24)40-2)28(38)32-16-26-33-34-29(36(26)20-10-11-21(30)22(31)15-20)41-17-27(37)35-13-5-7-18-6-3-4-8-23(18)35/h3-4,6,8-12,14-15H,5,7,13,16-17H2,1-2H3,(H,32,38). The maximum atomic E-state index is 13.3. The van der Waals surface area contributed by atoms with Crippen molar-refractivity contribution in [1.29, 1.82) is 0 Å². The Morgan fingerprint density at radius 2 is 1.78 bits per heavy atom. The van der Waals surface area contributed by atoms with Crippen molar-refractivity contribution in [3.05, 3.63) is 87.7 Å². The molecule has 0 saturated heterocycles. The summed E-state index contributed by atoms with van der Waals surface area (Å²) in [6.45, 7) is 0.734. The number of nitrogens with one attached hydrogen (secondary N) is 1. The number of carbonyl (C=O) groups is 2. The van der Waals surface area contributed by atoms with Crippen LogP contribution < -0.4 is 19.7 Å². The lowest BCUT2D eigenvalue weighted by atomic mass is 10.0. The molecule has 0 radical (unpaired) electrons. The van der Waals surface area contributed by atoms with E-state index in [1.165, 1.54) is 31.5 Å². The Kier molecular flexibility index (Phi) is 9.02. The van der Waals surface area contributed by atoms with Crippen molar-refractivity contribution in [2.24, 2.45) is 0 Å². The zero-order chi connectivity index (χ0) is 28.9. The topological polar surface area (TPSA) is 98.6 Å². The highest BCUT2D eigenvalue weighted by molar-refractivity contribution is 7.99. The van der Waals surface area contributed by atoms with Crippen LogP contribution in [0.5, 0.6) is 11.5 Å². The number of amides is 2. The molecule has 212 valence electrons. The van der Waals surface area contributed by atoms with Crippen molar-refractivity contribution in [3.8, 4) is 17.2 Å². The van der Waals surface area contributed by atoms with Crippen molar-refractivity contribution >= 4 is 52.5 Å². The van der Waals surface area contributed by atoms with Crippen molar-refractivity contribution in [1.82, 2.24) is 20.1 Å². The smallest absolute Gasteiger partial charge is 0.251 e. The van der Waals surface area contributed by atoms with Gasteiger partial charge in [-0.25, -0.2) is 0 Å². The van der Waals surface area contributed by atoms with Gasteiger partial charge in [0.25, 0.3) is 5.91 Å². The Labute approximate surface area is 251 Å². The number of aromatic nitrogens is 3. The minimum absolute atomic E-state index is 0.0193. The third kappa shape index (κ3) is 6.29. The Morgan fingerprint density at radius 1 is 0.976 bits per heavy atom. The molecular weight excluding hydrogens is 585 g/mol. The molecule has 0 aliphatic carbocycles. The molecule has 3 aromatic carbocycles. The van der Waals surface area contributed by atoms with Crippen LogP contribution in [0.2, 0.25) is 10.0 Å². The van der Waals surface area contributed by atoms with Crippen molar-refractivity contribution in [2.45, 2.75) is 24.5 Å². The van der Waals surface area contributed by atoms with Crippen LogP contribution in [0.25, 0.3) is 5.69 Å². The number of methoxy groups -OCH3 is 2. The first-order valence-corrected chi connectivity index (χ1v) is 14.5. The molecule has 9 nitrogen and oxygen atoms in total. The number of hydrogen-bond acceptors (Lipinski definition) is 7. The van der Waals surface area contributed by atoms with Gasteiger partial charge in [0, 0.05) is 17.8 Å². The number of rotatable bonds is 9. The van der Waals surface area contributed by atoms with E-state index >= 15 is 0 Å². The predicted octanol–water partition coefficient (Wildman–Crippen LogP) is 5.59. The molecule has 0 atom stereocenters. The van der Waals surface area contributed by atoms with Crippen LogP contribution in [0.15, 0.2) is 65.8 Å². The highest BCUT2D eigenvalue weighted by Gasteiger charge is 2.24. The Hall–Kier alpha value is -3.73. The zero-order valence-electron chi connectivity index (χ0n) is 22.4. The molecule has 1 aliphatic rings. The molecule has 2 amide bonds. The van der Waals surface area contributed by atoms with E-state index in [9.17, 15) is 9.59 Å². The summed E-state index contributed by atoms with van der Waals surface area (Å²) in [5, 5.41) is 12.8.